The summed E-state index contributed by atoms with van der Waals surface area (Å²) in [4.78, 5) is 11.3. The van der Waals surface area contributed by atoms with Crippen LogP contribution in [0.2, 0.25) is 0 Å². The minimum atomic E-state index is -0.0448. The van der Waals surface area contributed by atoms with Crippen LogP contribution < -0.4 is 10.9 Å². The Bertz CT molecular complexity index is 647. The minimum absolute atomic E-state index is 0.0441. The second-order valence-electron chi connectivity index (χ2n) is 4.80. The van der Waals surface area contributed by atoms with Gasteiger partial charge in [-0.05, 0) is 26.0 Å². The third-order valence-corrected chi connectivity index (χ3v) is 3.12. The molecule has 2 rings (SSSR count). The van der Waals surface area contributed by atoms with Crippen LogP contribution in [0.4, 0.5) is 5.69 Å². The summed E-state index contributed by atoms with van der Waals surface area (Å²) < 4.78 is 1.52. The molecule has 1 heterocycles. The van der Waals surface area contributed by atoms with Gasteiger partial charge >= 0.3 is 0 Å². The summed E-state index contributed by atoms with van der Waals surface area (Å²) in [6, 6.07) is 8.74. The van der Waals surface area contributed by atoms with Crippen molar-refractivity contribution in [1.82, 2.24) is 4.57 Å². The molecule has 4 nitrogen and oxygen atoms in total. The number of pyridine rings is 1. The highest BCUT2D eigenvalue weighted by molar-refractivity contribution is 5.46. The summed E-state index contributed by atoms with van der Waals surface area (Å²) in [7, 11) is 1.71. The molecule has 1 aromatic carbocycles. The maximum absolute atomic E-state index is 11.3. The van der Waals surface area contributed by atoms with Crippen LogP contribution in [0.15, 0.2) is 41.3 Å². The number of rotatable bonds is 3. The molecule has 1 atom stereocenters. The number of phenols is 1. The van der Waals surface area contributed by atoms with Crippen molar-refractivity contribution in [3.63, 3.8) is 0 Å². The van der Waals surface area contributed by atoms with E-state index in [0.29, 0.717) is 0 Å². The average molecular weight is 258 g/mol. The van der Waals surface area contributed by atoms with Crippen LogP contribution in [-0.2, 0) is 7.05 Å². The van der Waals surface area contributed by atoms with Gasteiger partial charge in [-0.1, -0.05) is 17.7 Å². The quantitative estimate of drug-likeness (QED) is 0.889. The first kappa shape index (κ1) is 13.2. The smallest absolute Gasteiger partial charge is 0.250 e. The Morgan fingerprint density at radius 3 is 2.68 bits per heavy atom. The lowest BCUT2D eigenvalue weighted by atomic mass is 10.0. The van der Waals surface area contributed by atoms with Gasteiger partial charge in [0.1, 0.15) is 5.75 Å². The summed E-state index contributed by atoms with van der Waals surface area (Å²) in [5.74, 6) is 0.274. The molecule has 4 heteroatoms. The van der Waals surface area contributed by atoms with Gasteiger partial charge in [0.25, 0.3) is 0 Å². The van der Waals surface area contributed by atoms with E-state index < -0.39 is 0 Å². The van der Waals surface area contributed by atoms with Crippen molar-refractivity contribution in [3.05, 3.63) is 58.0 Å². The number of nitrogens with zero attached hydrogens (tertiary/aromatic N) is 1. The number of aryl methyl sites for hydroxylation is 2. The number of hydrogen-bond donors (Lipinski definition) is 2. The van der Waals surface area contributed by atoms with Crippen molar-refractivity contribution in [2.75, 3.05) is 5.32 Å². The topological polar surface area (TPSA) is 54.3 Å². The van der Waals surface area contributed by atoms with Gasteiger partial charge < -0.3 is 15.0 Å². The molecule has 0 saturated heterocycles. The minimum Gasteiger partial charge on any atom is -0.508 e. The van der Waals surface area contributed by atoms with E-state index in [1.54, 1.807) is 25.4 Å². The van der Waals surface area contributed by atoms with Gasteiger partial charge in [0.15, 0.2) is 0 Å². The zero-order chi connectivity index (χ0) is 14.0. The Morgan fingerprint density at radius 1 is 1.26 bits per heavy atom. The van der Waals surface area contributed by atoms with E-state index in [0.717, 1.165) is 16.8 Å². The van der Waals surface area contributed by atoms with Crippen LogP contribution in [-0.4, -0.2) is 9.67 Å². The SMILES string of the molecule is Cc1ccc(O)c(C(C)Nc2ccc(=O)n(C)c2)c1. The molecule has 100 valence electrons. The first-order valence-electron chi connectivity index (χ1n) is 6.20. The van der Waals surface area contributed by atoms with Gasteiger partial charge in [0.2, 0.25) is 5.56 Å². The molecule has 0 spiro atoms. The fourth-order valence-corrected chi connectivity index (χ4v) is 2.03. The fourth-order valence-electron chi connectivity index (χ4n) is 2.03. The molecule has 2 aromatic rings. The zero-order valence-corrected chi connectivity index (χ0v) is 11.3. The fraction of sp³-hybridized carbons (Fsp3) is 0.267. The van der Waals surface area contributed by atoms with Crippen LogP contribution in [0, 0.1) is 6.92 Å². The molecule has 1 unspecified atom stereocenters. The van der Waals surface area contributed by atoms with E-state index in [2.05, 4.69) is 5.32 Å². The Morgan fingerprint density at radius 2 is 2.00 bits per heavy atom. The molecule has 0 fully saturated rings. The normalized spacial score (nSPS) is 12.2. The summed E-state index contributed by atoms with van der Waals surface area (Å²) >= 11 is 0. The lowest BCUT2D eigenvalue weighted by Gasteiger charge is -2.17. The second kappa shape index (κ2) is 5.18. The summed E-state index contributed by atoms with van der Waals surface area (Å²) in [5, 5.41) is 13.2. The third kappa shape index (κ3) is 2.96. The Balaban J connectivity index is 2.25. The van der Waals surface area contributed by atoms with Crippen molar-refractivity contribution in [2.24, 2.45) is 7.05 Å². The molecule has 0 aliphatic carbocycles. The number of aromatic nitrogens is 1. The van der Waals surface area contributed by atoms with Crippen molar-refractivity contribution in [3.8, 4) is 5.75 Å². The lowest BCUT2D eigenvalue weighted by molar-refractivity contribution is 0.465. The van der Waals surface area contributed by atoms with Gasteiger partial charge in [0, 0.05) is 24.9 Å². The maximum Gasteiger partial charge on any atom is 0.250 e. The molecule has 1 aromatic heterocycles. The van der Waals surface area contributed by atoms with Gasteiger partial charge in [-0.15, -0.1) is 0 Å². The van der Waals surface area contributed by atoms with Crippen LogP contribution in [0.3, 0.4) is 0 Å². The predicted molar refractivity (Wildman–Crippen MR) is 76.6 cm³/mol. The van der Waals surface area contributed by atoms with Crippen LogP contribution in [0.5, 0.6) is 5.75 Å². The Kier molecular flexibility index (Phi) is 3.60. The maximum atomic E-state index is 11.3. The average Bonchev–Trinajstić information content (AvgIpc) is 2.36. The van der Waals surface area contributed by atoms with Crippen molar-refractivity contribution in [1.29, 1.82) is 0 Å². The summed E-state index contributed by atoms with van der Waals surface area (Å²) in [6.07, 6.45) is 1.74. The predicted octanol–water partition coefficient (Wildman–Crippen LogP) is 2.57. The Hall–Kier alpha value is -2.23. The van der Waals surface area contributed by atoms with Crippen molar-refractivity contribution in [2.45, 2.75) is 19.9 Å². The first-order valence-corrected chi connectivity index (χ1v) is 6.20. The summed E-state index contributed by atoms with van der Waals surface area (Å²) in [5.41, 5.74) is 2.74. The van der Waals surface area contributed by atoms with Crippen LogP contribution >= 0.6 is 0 Å². The Labute approximate surface area is 112 Å². The number of benzene rings is 1. The van der Waals surface area contributed by atoms with E-state index >= 15 is 0 Å². The van der Waals surface area contributed by atoms with E-state index in [4.69, 9.17) is 0 Å². The molecule has 0 aliphatic rings. The lowest BCUT2D eigenvalue weighted by Crippen LogP contribution is -2.16. The molecule has 0 saturated carbocycles. The molecule has 0 amide bonds. The molecule has 0 radical (unpaired) electrons. The van der Waals surface area contributed by atoms with E-state index in [9.17, 15) is 9.90 Å². The molecular weight excluding hydrogens is 240 g/mol. The number of aromatic hydroxyl groups is 1. The number of anilines is 1. The number of hydrogen-bond acceptors (Lipinski definition) is 3. The van der Waals surface area contributed by atoms with Crippen molar-refractivity contribution < 1.29 is 5.11 Å². The highest BCUT2D eigenvalue weighted by Gasteiger charge is 2.10. The largest absolute Gasteiger partial charge is 0.508 e. The van der Waals surface area contributed by atoms with Gasteiger partial charge in [-0.25, -0.2) is 0 Å². The van der Waals surface area contributed by atoms with Gasteiger partial charge in [-0.2, -0.15) is 0 Å². The monoisotopic (exact) mass is 258 g/mol. The van der Waals surface area contributed by atoms with Crippen LogP contribution in [0.1, 0.15) is 24.1 Å². The highest BCUT2D eigenvalue weighted by atomic mass is 16.3. The third-order valence-electron chi connectivity index (χ3n) is 3.12. The van der Waals surface area contributed by atoms with E-state index in [1.165, 1.54) is 10.6 Å². The second-order valence-corrected chi connectivity index (χ2v) is 4.80. The molecule has 0 bridgehead atoms. The van der Waals surface area contributed by atoms with Crippen LogP contribution in [0.25, 0.3) is 0 Å². The van der Waals surface area contributed by atoms with Crippen molar-refractivity contribution >= 4 is 5.69 Å². The first-order chi connectivity index (χ1) is 8.97. The molecular formula is C15H18N2O2. The highest BCUT2D eigenvalue weighted by Crippen LogP contribution is 2.27. The molecule has 2 N–H and O–H groups in total. The zero-order valence-electron chi connectivity index (χ0n) is 11.3. The standard InChI is InChI=1S/C15H18N2O2/c1-10-4-6-14(18)13(8-10)11(2)16-12-5-7-15(19)17(3)9-12/h4-9,11,16,18H,1-3H3. The van der Waals surface area contributed by atoms with E-state index in [1.807, 2.05) is 26.0 Å². The number of phenolic OH excluding ortho intramolecular Hbond substituents is 1. The molecule has 0 aliphatic heterocycles. The molecule has 19 heavy (non-hydrogen) atoms. The van der Waals surface area contributed by atoms with Gasteiger partial charge in [0.05, 0.1) is 11.7 Å². The van der Waals surface area contributed by atoms with Gasteiger partial charge in [-0.3, -0.25) is 4.79 Å². The number of nitrogens with one attached hydrogen (secondary N) is 1. The summed E-state index contributed by atoms with van der Waals surface area (Å²) in [6.45, 7) is 3.96. The van der Waals surface area contributed by atoms with E-state index in [-0.39, 0.29) is 17.4 Å².